The molecule has 2 rings (SSSR count). The third-order valence-corrected chi connectivity index (χ3v) is 3.04. The molecule has 1 aromatic heterocycles. The molecule has 92 valence electrons. The van der Waals surface area contributed by atoms with Crippen molar-refractivity contribution in [2.24, 2.45) is 0 Å². The molecule has 0 amide bonds. The van der Waals surface area contributed by atoms with E-state index in [2.05, 4.69) is 9.97 Å². The summed E-state index contributed by atoms with van der Waals surface area (Å²) in [6, 6.07) is 2.90. The molecule has 18 heavy (non-hydrogen) atoms. The molecule has 0 saturated carbocycles. The maximum Gasteiger partial charge on any atom is 0.176 e. The second kappa shape index (κ2) is 5.68. The number of nitrogens with zero attached hydrogens (tertiary/aromatic N) is 2. The first-order valence-corrected chi connectivity index (χ1v) is 6.02. The van der Waals surface area contributed by atoms with Gasteiger partial charge in [0, 0.05) is 18.5 Å². The van der Waals surface area contributed by atoms with Crippen molar-refractivity contribution in [3.8, 4) is 0 Å². The Bertz CT molecular complexity index is 563. The number of carbonyl (C=O) groups excluding carboxylic acids is 1. The van der Waals surface area contributed by atoms with Crippen LogP contribution in [0.15, 0.2) is 41.8 Å². The monoisotopic (exact) mass is 266 g/mol. The van der Waals surface area contributed by atoms with Gasteiger partial charge in [-0.2, -0.15) is 0 Å². The third-order valence-electron chi connectivity index (χ3n) is 2.12. The number of aromatic nitrogens is 2. The normalized spacial score (nSPS) is 10.3. The van der Waals surface area contributed by atoms with Gasteiger partial charge in [-0.1, -0.05) is 11.8 Å². The van der Waals surface area contributed by atoms with Crippen LogP contribution in [0.4, 0.5) is 8.78 Å². The van der Waals surface area contributed by atoms with E-state index in [9.17, 15) is 13.6 Å². The summed E-state index contributed by atoms with van der Waals surface area (Å²) in [7, 11) is 0. The number of carbonyl (C=O) groups is 1. The van der Waals surface area contributed by atoms with Gasteiger partial charge in [0.2, 0.25) is 0 Å². The fourth-order valence-corrected chi connectivity index (χ4v) is 2.00. The van der Waals surface area contributed by atoms with Crippen molar-refractivity contribution >= 4 is 17.5 Å². The molecule has 0 radical (unpaired) electrons. The minimum absolute atomic E-state index is 0.0290. The Balaban J connectivity index is 2.04. The van der Waals surface area contributed by atoms with Gasteiger partial charge >= 0.3 is 0 Å². The molecule has 3 nitrogen and oxygen atoms in total. The number of benzene rings is 1. The Kier molecular flexibility index (Phi) is 3.99. The van der Waals surface area contributed by atoms with Crippen molar-refractivity contribution in [1.29, 1.82) is 0 Å². The predicted molar refractivity (Wildman–Crippen MR) is 63.4 cm³/mol. The molecular formula is C12H8F2N2OS. The van der Waals surface area contributed by atoms with E-state index in [1.165, 1.54) is 18.6 Å². The van der Waals surface area contributed by atoms with Crippen LogP contribution in [0.25, 0.3) is 0 Å². The molecule has 0 unspecified atom stereocenters. The van der Waals surface area contributed by atoms with Crippen molar-refractivity contribution in [3.05, 3.63) is 54.0 Å². The standard InChI is InChI=1S/C12H8F2N2OS/c13-8-1-2-9(10(14)5-8)11(17)7-18-12-6-15-3-4-16-12/h1-6H,7H2. The second-order valence-corrected chi connectivity index (χ2v) is 4.38. The lowest BCUT2D eigenvalue weighted by molar-refractivity contribution is 0.101. The number of rotatable bonds is 4. The number of ketones is 1. The summed E-state index contributed by atoms with van der Waals surface area (Å²) >= 11 is 1.15. The summed E-state index contributed by atoms with van der Waals surface area (Å²) in [4.78, 5) is 19.5. The predicted octanol–water partition coefficient (Wildman–Crippen LogP) is 2.73. The molecule has 0 aliphatic carbocycles. The molecular weight excluding hydrogens is 258 g/mol. The Morgan fingerprint density at radius 2 is 2.11 bits per heavy atom. The summed E-state index contributed by atoms with van der Waals surface area (Å²) < 4.78 is 26.0. The van der Waals surface area contributed by atoms with Gasteiger partial charge in [-0.25, -0.2) is 13.8 Å². The van der Waals surface area contributed by atoms with Crippen LogP contribution >= 0.6 is 11.8 Å². The molecule has 1 heterocycles. The third kappa shape index (κ3) is 3.10. The van der Waals surface area contributed by atoms with Gasteiger partial charge in [0.05, 0.1) is 17.5 Å². The highest BCUT2D eigenvalue weighted by molar-refractivity contribution is 7.99. The van der Waals surface area contributed by atoms with Crippen LogP contribution in [0.1, 0.15) is 10.4 Å². The second-order valence-electron chi connectivity index (χ2n) is 3.38. The van der Waals surface area contributed by atoms with Gasteiger partial charge in [-0.05, 0) is 12.1 Å². The summed E-state index contributed by atoms with van der Waals surface area (Å²) in [5.74, 6) is -1.94. The van der Waals surface area contributed by atoms with Gasteiger partial charge in [0.15, 0.2) is 5.78 Å². The highest BCUT2D eigenvalue weighted by Gasteiger charge is 2.13. The van der Waals surface area contributed by atoms with Gasteiger partial charge in [0.25, 0.3) is 0 Å². The van der Waals surface area contributed by atoms with E-state index in [0.717, 1.165) is 23.9 Å². The van der Waals surface area contributed by atoms with Gasteiger partial charge in [0.1, 0.15) is 16.7 Å². The minimum atomic E-state index is -0.847. The highest BCUT2D eigenvalue weighted by atomic mass is 32.2. The zero-order chi connectivity index (χ0) is 13.0. The van der Waals surface area contributed by atoms with Crippen molar-refractivity contribution in [2.75, 3.05) is 5.75 Å². The van der Waals surface area contributed by atoms with Crippen LogP contribution in [0, 0.1) is 11.6 Å². The lowest BCUT2D eigenvalue weighted by atomic mass is 10.1. The van der Waals surface area contributed by atoms with Crippen molar-refractivity contribution in [2.45, 2.75) is 5.03 Å². The summed E-state index contributed by atoms with van der Waals surface area (Å²) in [5, 5.41) is 0.577. The smallest absolute Gasteiger partial charge is 0.176 e. The Morgan fingerprint density at radius 1 is 1.28 bits per heavy atom. The van der Waals surface area contributed by atoms with Gasteiger partial charge in [-0.3, -0.25) is 9.78 Å². The van der Waals surface area contributed by atoms with E-state index >= 15 is 0 Å². The van der Waals surface area contributed by atoms with Crippen molar-refractivity contribution < 1.29 is 13.6 Å². The quantitative estimate of drug-likeness (QED) is 0.630. The summed E-state index contributed by atoms with van der Waals surface area (Å²) in [6.07, 6.45) is 4.54. The number of halogens is 2. The highest BCUT2D eigenvalue weighted by Crippen LogP contribution is 2.17. The van der Waals surface area contributed by atoms with Gasteiger partial charge in [-0.15, -0.1) is 0 Å². The maximum atomic E-state index is 13.3. The minimum Gasteiger partial charge on any atom is -0.293 e. The molecule has 0 saturated heterocycles. The topological polar surface area (TPSA) is 42.9 Å². The Labute approximate surface area is 106 Å². The molecule has 0 fully saturated rings. The molecule has 2 aromatic rings. The largest absolute Gasteiger partial charge is 0.293 e. The Morgan fingerprint density at radius 3 is 2.78 bits per heavy atom. The van der Waals surface area contributed by atoms with Gasteiger partial charge < -0.3 is 0 Å². The molecule has 0 N–H and O–H groups in total. The molecule has 0 aliphatic heterocycles. The summed E-state index contributed by atoms with van der Waals surface area (Å²) in [5.41, 5.74) is -0.118. The lowest BCUT2D eigenvalue weighted by Crippen LogP contribution is -2.06. The first-order valence-electron chi connectivity index (χ1n) is 5.04. The maximum absolute atomic E-state index is 13.3. The van der Waals surface area contributed by atoms with Crippen LogP contribution in [0.2, 0.25) is 0 Å². The van der Waals surface area contributed by atoms with Crippen LogP contribution in [-0.4, -0.2) is 21.5 Å². The average Bonchev–Trinajstić information content (AvgIpc) is 2.37. The number of hydrogen-bond acceptors (Lipinski definition) is 4. The van der Waals surface area contributed by atoms with Crippen LogP contribution in [0.3, 0.4) is 0 Å². The van der Waals surface area contributed by atoms with Crippen molar-refractivity contribution in [1.82, 2.24) is 9.97 Å². The molecule has 6 heteroatoms. The molecule has 0 atom stereocenters. The van der Waals surface area contributed by atoms with Crippen LogP contribution in [0.5, 0.6) is 0 Å². The number of Topliss-reactive ketones (excluding diaryl/α,β-unsaturated/α-hetero) is 1. The molecule has 0 bridgehead atoms. The van der Waals surface area contributed by atoms with E-state index in [1.54, 1.807) is 0 Å². The summed E-state index contributed by atoms with van der Waals surface area (Å²) in [6.45, 7) is 0. The zero-order valence-electron chi connectivity index (χ0n) is 9.14. The van der Waals surface area contributed by atoms with Crippen LogP contribution in [-0.2, 0) is 0 Å². The number of hydrogen-bond donors (Lipinski definition) is 0. The van der Waals surface area contributed by atoms with Crippen LogP contribution < -0.4 is 0 Å². The lowest BCUT2D eigenvalue weighted by Gasteiger charge is -2.02. The van der Waals surface area contributed by atoms with E-state index in [0.29, 0.717) is 11.1 Å². The fraction of sp³-hybridized carbons (Fsp3) is 0.0833. The SMILES string of the molecule is O=C(CSc1cnccn1)c1ccc(F)cc1F. The molecule has 0 spiro atoms. The first-order chi connectivity index (χ1) is 8.66. The zero-order valence-corrected chi connectivity index (χ0v) is 9.95. The Hall–Kier alpha value is -1.82. The van der Waals surface area contributed by atoms with Crippen molar-refractivity contribution in [3.63, 3.8) is 0 Å². The van der Waals surface area contributed by atoms with E-state index in [4.69, 9.17) is 0 Å². The number of thioether (sulfide) groups is 1. The van der Waals surface area contributed by atoms with E-state index in [1.807, 2.05) is 0 Å². The van der Waals surface area contributed by atoms with E-state index < -0.39 is 17.4 Å². The molecule has 1 aromatic carbocycles. The van der Waals surface area contributed by atoms with E-state index in [-0.39, 0.29) is 11.3 Å². The fourth-order valence-electron chi connectivity index (χ4n) is 1.29. The molecule has 0 aliphatic rings. The average molecular weight is 266 g/mol. The first kappa shape index (κ1) is 12.6.